The van der Waals surface area contributed by atoms with E-state index in [9.17, 15) is 0 Å². The van der Waals surface area contributed by atoms with Gasteiger partial charge in [-0.05, 0) is 11.4 Å². The Morgan fingerprint density at radius 2 is 2.44 bits per heavy atom. The minimum Gasteiger partial charge on any atom is -0.395 e. The summed E-state index contributed by atoms with van der Waals surface area (Å²) in [6, 6.07) is 2.02. The van der Waals surface area contributed by atoms with Gasteiger partial charge in [0.05, 0.1) is 6.61 Å². The molecule has 2 aromatic heterocycles. The first-order valence-electron chi connectivity index (χ1n) is 5.44. The van der Waals surface area contributed by atoms with Crippen LogP contribution < -0.4 is 0 Å². The van der Waals surface area contributed by atoms with E-state index in [0.29, 0.717) is 6.42 Å². The van der Waals surface area contributed by atoms with E-state index >= 15 is 0 Å². The highest BCUT2D eigenvalue weighted by Crippen LogP contribution is 2.25. The molecule has 0 spiro atoms. The van der Waals surface area contributed by atoms with Gasteiger partial charge in [0.1, 0.15) is 6.33 Å². The maximum atomic E-state index is 8.70. The lowest BCUT2D eigenvalue weighted by Crippen LogP contribution is -1.89. The number of aromatic nitrogens is 3. The standard InChI is InChI=1S/C12H13N3OS2/c1-15-9-13-14-12(15)18-8-11-10(5-7-17-11)4-2-3-6-16/h5,7,9,16H,3,6,8H2,1H3. The summed E-state index contributed by atoms with van der Waals surface area (Å²) in [5.74, 6) is 6.87. The Labute approximate surface area is 114 Å². The number of aliphatic hydroxyl groups excluding tert-OH is 1. The van der Waals surface area contributed by atoms with E-state index in [-0.39, 0.29) is 6.61 Å². The molecular formula is C12H13N3OS2. The smallest absolute Gasteiger partial charge is 0.191 e. The number of hydrogen-bond donors (Lipinski definition) is 1. The summed E-state index contributed by atoms with van der Waals surface area (Å²) in [7, 11) is 1.93. The summed E-state index contributed by atoms with van der Waals surface area (Å²) in [5.41, 5.74) is 1.04. The molecule has 0 aliphatic carbocycles. The number of hydrogen-bond acceptors (Lipinski definition) is 5. The molecular weight excluding hydrogens is 266 g/mol. The highest BCUT2D eigenvalue weighted by molar-refractivity contribution is 7.98. The topological polar surface area (TPSA) is 50.9 Å². The van der Waals surface area contributed by atoms with Gasteiger partial charge in [-0.15, -0.1) is 21.5 Å². The molecule has 0 atom stereocenters. The molecule has 0 radical (unpaired) electrons. The number of aliphatic hydroxyl groups is 1. The van der Waals surface area contributed by atoms with Crippen molar-refractivity contribution in [3.63, 3.8) is 0 Å². The molecule has 18 heavy (non-hydrogen) atoms. The van der Waals surface area contributed by atoms with E-state index in [4.69, 9.17) is 5.11 Å². The van der Waals surface area contributed by atoms with Gasteiger partial charge in [-0.1, -0.05) is 23.6 Å². The van der Waals surface area contributed by atoms with Gasteiger partial charge in [0.25, 0.3) is 0 Å². The average Bonchev–Trinajstić information content (AvgIpc) is 2.96. The lowest BCUT2D eigenvalue weighted by molar-refractivity contribution is 0.305. The van der Waals surface area contributed by atoms with E-state index in [1.807, 2.05) is 23.1 Å². The van der Waals surface area contributed by atoms with Crippen molar-refractivity contribution >= 4 is 23.1 Å². The van der Waals surface area contributed by atoms with Crippen molar-refractivity contribution in [1.82, 2.24) is 14.8 Å². The fourth-order valence-corrected chi connectivity index (χ4v) is 3.15. The number of nitrogens with zero attached hydrogens (tertiary/aromatic N) is 3. The molecule has 2 aromatic rings. The fraction of sp³-hybridized carbons (Fsp3) is 0.333. The molecule has 0 saturated heterocycles. The Morgan fingerprint density at radius 3 is 3.17 bits per heavy atom. The second-order valence-electron chi connectivity index (χ2n) is 3.55. The van der Waals surface area contributed by atoms with Crippen molar-refractivity contribution in [3.8, 4) is 11.8 Å². The summed E-state index contributed by atoms with van der Waals surface area (Å²) >= 11 is 3.34. The van der Waals surface area contributed by atoms with Gasteiger partial charge in [-0.25, -0.2) is 0 Å². The van der Waals surface area contributed by atoms with E-state index < -0.39 is 0 Å². The molecule has 4 nitrogen and oxygen atoms in total. The third-order valence-corrected chi connectivity index (χ3v) is 4.37. The highest BCUT2D eigenvalue weighted by atomic mass is 32.2. The molecule has 0 fully saturated rings. The first-order chi connectivity index (χ1) is 8.81. The Morgan fingerprint density at radius 1 is 1.56 bits per heavy atom. The van der Waals surface area contributed by atoms with Crippen molar-refractivity contribution in [2.75, 3.05) is 6.61 Å². The van der Waals surface area contributed by atoms with E-state index in [1.165, 1.54) is 4.88 Å². The van der Waals surface area contributed by atoms with Gasteiger partial charge in [0, 0.05) is 29.7 Å². The van der Waals surface area contributed by atoms with Crippen molar-refractivity contribution in [3.05, 3.63) is 28.2 Å². The van der Waals surface area contributed by atoms with Crippen LogP contribution in [0.2, 0.25) is 0 Å². The first kappa shape index (κ1) is 13.1. The normalized spacial score (nSPS) is 10.1. The van der Waals surface area contributed by atoms with E-state index in [2.05, 4.69) is 22.0 Å². The van der Waals surface area contributed by atoms with E-state index in [0.717, 1.165) is 16.5 Å². The Balaban J connectivity index is 2.00. The lowest BCUT2D eigenvalue weighted by atomic mass is 10.2. The number of thiophene rings is 1. The highest BCUT2D eigenvalue weighted by Gasteiger charge is 2.06. The monoisotopic (exact) mass is 279 g/mol. The van der Waals surface area contributed by atoms with Crippen LogP contribution in [-0.4, -0.2) is 26.5 Å². The minimum atomic E-state index is 0.111. The summed E-state index contributed by atoms with van der Waals surface area (Å²) in [4.78, 5) is 1.23. The van der Waals surface area contributed by atoms with Gasteiger partial charge in [0.15, 0.2) is 5.16 Å². The molecule has 2 rings (SSSR count). The zero-order valence-corrected chi connectivity index (χ0v) is 11.6. The van der Waals surface area contributed by atoms with E-state index in [1.54, 1.807) is 29.4 Å². The summed E-state index contributed by atoms with van der Waals surface area (Å²) < 4.78 is 1.90. The predicted octanol–water partition coefficient (Wildman–Crippen LogP) is 1.90. The molecule has 6 heteroatoms. The van der Waals surface area contributed by atoms with Crippen LogP contribution in [0.4, 0.5) is 0 Å². The molecule has 0 aromatic carbocycles. The van der Waals surface area contributed by atoms with Gasteiger partial charge < -0.3 is 9.67 Å². The molecule has 0 bridgehead atoms. The van der Waals surface area contributed by atoms with Crippen molar-refractivity contribution in [1.29, 1.82) is 0 Å². The molecule has 0 saturated carbocycles. The predicted molar refractivity (Wildman–Crippen MR) is 73.5 cm³/mol. The Bertz CT molecular complexity index is 565. The summed E-state index contributed by atoms with van der Waals surface area (Å²) in [5, 5.41) is 19.5. The summed E-state index contributed by atoms with van der Waals surface area (Å²) in [6.07, 6.45) is 2.21. The molecule has 1 N–H and O–H groups in total. The third kappa shape index (κ3) is 3.35. The quantitative estimate of drug-likeness (QED) is 0.686. The fourth-order valence-electron chi connectivity index (χ4n) is 1.31. The van der Waals surface area contributed by atoms with Crippen molar-refractivity contribution in [2.45, 2.75) is 17.3 Å². The van der Waals surface area contributed by atoms with Crippen LogP contribution in [-0.2, 0) is 12.8 Å². The number of rotatable bonds is 4. The zero-order valence-electron chi connectivity index (χ0n) is 9.96. The molecule has 0 amide bonds. The first-order valence-corrected chi connectivity index (χ1v) is 7.30. The zero-order chi connectivity index (χ0) is 12.8. The second kappa shape index (κ2) is 6.59. The molecule has 0 aliphatic rings. The largest absolute Gasteiger partial charge is 0.395 e. The van der Waals surface area contributed by atoms with Gasteiger partial charge >= 0.3 is 0 Å². The van der Waals surface area contributed by atoms with Crippen LogP contribution in [0, 0.1) is 11.8 Å². The van der Waals surface area contributed by atoms with Crippen LogP contribution in [0.3, 0.4) is 0 Å². The molecule has 0 aliphatic heterocycles. The van der Waals surface area contributed by atoms with Crippen LogP contribution in [0.1, 0.15) is 16.9 Å². The summed E-state index contributed by atoms with van der Waals surface area (Å²) in [6.45, 7) is 0.111. The Hall–Kier alpha value is -1.29. The van der Waals surface area contributed by atoms with Gasteiger partial charge in [0.2, 0.25) is 0 Å². The van der Waals surface area contributed by atoms with Crippen LogP contribution in [0.15, 0.2) is 22.9 Å². The lowest BCUT2D eigenvalue weighted by Gasteiger charge is -1.99. The van der Waals surface area contributed by atoms with Gasteiger partial charge in [-0.3, -0.25) is 0 Å². The minimum absolute atomic E-state index is 0.111. The molecule has 2 heterocycles. The maximum Gasteiger partial charge on any atom is 0.191 e. The second-order valence-corrected chi connectivity index (χ2v) is 5.49. The maximum absolute atomic E-state index is 8.70. The number of aryl methyl sites for hydroxylation is 1. The average molecular weight is 279 g/mol. The van der Waals surface area contributed by atoms with Crippen molar-refractivity contribution < 1.29 is 5.11 Å². The van der Waals surface area contributed by atoms with Crippen LogP contribution in [0.5, 0.6) is 0 Å². The van der Waals surface area contributed by atoms with Crippen LogP contribution in [0.25, 0.3) is 0 Å². The van der Waals surface area contributed by atoms with Crippen LogP contribution >= 0.6 is 23.1 Å². The molecule has 94 valence electrons. The molecule has 0 unspecified atom stereocenters. The van der Waals surface area contributed by atoms with Crippen molar-refractivity contribution in [2.24, 2.45) is 7.05 Å². The SMILES string of the molecule is Cn1cnnc1SCc1sccc1C#CCCO. The Kier molecular flexibility index (Phi) is 4.81. The number of thioether (sulfide) groups is 1. The third-order valence-electron chi connectivity index (χ3n) is 2.21. The van der Waals surface area contributed by atoms with Gasteiger partial charge in [-0.2, -0.15) is 0 Å².